The van der Waals surface area contributed by atoms with Crippen LogP contribution in [0.4, 0.5) is 0 Å². The molecular weight excluding hydrogens is 172 g/mol. The Hall–Kier alpha value is -1.10. The van der Waals surface area contributed by atoms with Crippen LogP contribution in [0.5, 0.6) is 0 Å². The molecule has 0 fully saturated rings. The third-order valence-corrected chi connectivity index (χ3v) is 1.49. The van der Waals surface area contributed by atoms with Gasteiger partial charge in [-0.3, -0.25) is 4.79 Å². The van der Waals surface area contributed by atoms with E-state index in [0.717, 1.165) is 0 Å². The molecule has 76 valence electrons. The summed E-state index contributed by atoms with van der Waals surface area (Å²) in [6.07, 6.45) is 0.682. The molecule has 0 saturated heterocycles. The van der Waals surface area contributed by atoms with Crippen molar-refractivity contribution in [1.82, 2.24) is 4.90 Å². The normalized spacial score (nSPS) is 9.46. The van der Waals surface area contributed by atoms with Gasteiger partial charge in [-0.2, -0.15) is 0 Å². The van der Waals surface area contributed by atoms with Crippen LogP contribution < -0.4 is 5.73 Å². The molecule has 0 aromatic heterocycles. The number of carbonyl (C=O) groups is 2. The lowest BCUT2D eigenvalue weighted by Gasteiger charge is -2.14. The Bertz CT molecular complexity index is 182. The van der Waals surface area contributed by atoms with Crippen molar-refractivity contribution in [2.24, 2.45) is 5.73 Å². The Morgan fingerprint density at radius 2 is 2.08 bits per heavy atom. The van der Waals surface area contributed by atoms with Gasteiger partial charge in [0.15, 0.2) is 0 Å². The Morgan fingerprint density at radius 3 is 2.54 bits per heavy atom. The van der Waals surface area contributed by atoms with E-state index in [9.17, 15) is 9.59 Å². The number of nitrogens with zero attached hydrogens (tertiary/aromatic N) is 1. The van der Waals surface area contributed by atoms with Crippen LogP contribution in [0.2, 0.25) is 0 Å². The highest BCUT2D eigenvalue weighted by molar-refractivity contribution is 6.32. The topological polar surface area (TPSA) is 72.6 Å². The minimum atomic E-state index is -0.804. The Kier molecular flexibility index (Phi) is 5.88. The maximum absolute atomic E-state index is 11.1. The van der Waals surface area contributed by atoms with E-state index in [-0.39, 0.29) is 6.61 Å². The van der Waals surface area contributed by atoms with Crippen LogP contribution in [0.1, 0.15) is 13.3 Å². The van der Waals surface area contributed by atoms with Crippen molar-refractivity contribution in [3.63, 3.8) is 0 Å². The lowest BCUT2D eigenvalue weighted by molar-refractivity contribution is -0.159. The molecule has 0 bridgehead atoms. The highest BCUT2D eigenvalue weighted by Crippen LogP contribution is 1.90. The predicted octanol–water partition coefficient (Wildman–Crippen LogP) is -0.643. The van der Waals surface area contributed by atoms with Crippen molar-refractivity contribution in [3.8, 4) is 0 Å². The van der Waals surface area contributed by atoms with Gasteiger partial charge in [-0.25, -0.2) is 4.79 Å². The maximum Gasteiger partial charge on any atom is 0.396 e. The summed E-state index contributed by atoms with van der Waals surface area (Å²) < 4.78 is 4.54. The molecule has 0 aliphatic heterocycles. The smallest absolute Gasteiger partial charge is 0.396 e. The first kappa shape index (κ1) is 11.9. The Morgan fingerprint density at radius 1 is 1.46 bits per heavy atom. The molecular formula is C8H16N2O3. The second-order valence-electron chi connectivity index (χ2n) is 2.59. The van der Waals surface area contributed by atoms with E-state index in [1.54, 1.807) is 14.0 Å². The van der Waals surface area contributed by atoms with Crippen molar-refractivity contribution in [3.05, 3.63) is 0 Å². The number of hydrogen-bond donors (Lipinski definition) is 1. The van der Waals surface area contributed by atoms with E-state index in [1.807, 2.05) is 0 Å². The first-order chi connectivity index (χ1) is 6.13. The summed E-state index contributed by atoms with van der Waals surface area (Å²) in [6, 6.07) is 0. The zero-order chi connectivity index (χ0) is 10.3. The van der Waals surface area contributed by atoms with Crippen molar-refractivity contribution >= 4 is 11.9 Å². The lowest BCUT2D eigenvalue weighted by Crippen LogP contribution is -2.35. The quantitative estimate of drug-likeness (QED) is 0.470. The summed E-state index contributed by atoms with van der Waals surface area (Å²) >= 11 is 0. The fraction of sp³-hybridized carbons (Fsp3) is 0.750. The second kappa shape index (κ2) is 6.42. The van der Waals surface area contributed by atoms with E-state index in [0.29, 0.717) is 19.5 Å². The fourth-order valence-electron chi connectivity index (χ4n) is 0.779. The molecule has 13 heavy (non-hydrogen) atoms. The van der Waals surface area contributed by atoms with Gasteiger partial charge in [0.2, 0.25) is 0 Å². The van der Waals surface area contributed by atoms with Crippen LogP contribution in [-0.2, 0) is 14.3 Å². The molecule has 2 N–H and O–H groups in total. The molecule has 5 heteroatoms. The number of likely N-dealkylation sites (N-methyl/N-ethyl adjacent to an activating group) is 1. The zero-order valence-electron chi connectivity index (χ0n) is 8.08. The predicted molar refractivity (Wildman–Crippen MR) is 47.9 cm³/mol. The summed E-state index contributed by atoms with van der Waals surface area (Å²) in [5, 5.41) is 0. The minimum absolute atomic E-state index is 0.218. The summed E-state index contributed by atoms with van der Waals surface area (Å²) in [6.45, 7) is 2.86. The van der Waals surface area contributed by atoms with Crippen LogP contribution in [0.25, 0.3) is 0 Å². The van der Waals surface area contributed by atoms with Gasteiger partial charge in [0.1, 0.15) is 0 Å². The van der Waals surface area contributed by atoms with Crippen LogP contribution in [-0.4, -0.2) is 43.5 Å². The maximum atomic E-state index is 11.1. The molecule has 0 rings (SSSR count). The SMILES string of the molecule is CCOC(=O)C(=O)N(C)CCCN. The highest BCUT2D eigenvalue weighted by atomic mass is 16.5. The standard InChI is InChI=1S/C8H16N2O3/c1-3-13-8(12)7(11)10(2)6-4-5-9/h3-6,9H2,1-2H3. The minimum Gasteiger partial charge on any atom is -0.459 e. The molecule has 0 radical (unpaired) electrons. The molecule has 0 aliphatic rings. The molecule has 1 amide bonds. The van der Waals surface area contributed by atoms with Crippen LogP contribution in [0.15, 0.2) is 0 Å². The number of ether oxygens (including phenoxy) is 1. The molecule has 0 heterocycles. The summed E-state index contributed by atoms with van der Waals surface area (Å²) in [5.41, 5.74) is 5.26. The van der Waals surface area contributed by atoms with E-state index in [4.69, 9.17) is 5.73 Å². The third-order valence-electron chi connectivity index (χ3n) is 1.49. The van der Waals surface area contributed by atoms with Gasteiger partial charge in [-0.15, -0.1) is 0 Å². The largest absolute Gasteiger partial charge is 0.459 e. The van der Waals surface area contributed by atoms with Gasteiger partial charge in [-0.05, 0) is 19.9 Å². The summed E-state index contributed by atoms with van der Waals surface area (Å²) in [4.78, 5) is 23.4. The Labute approximate surface area is 77.8 Å². The van der Waals surface area contributed by atoms with Crippen LogP contribution in [0, 0.1) is 0 Å². The summed E-state index contributed by atoms with van der Waals surface area (Å²) in [7, 11) is 1.55. The van der Waals surface area contributed by atoms with Crippen molar-refractivity contribution < 1.29 is 14.3 Å². The van der Waals surface area contributed by atoms with Crippen molar-refractivity contribution in [2.75, 3.05) is 26.7 Å². The summed E-state index contributed by atoms with van der Waals surface area (Å²) in [5.74, 6) is -1.42. The number of nitrogens with two attached hydrogens (primary N) is 1. The average molecular weight is 188 g/mol. The van der Waals surface area contributed by atoms with Crippen molar-refractivity contribution in [1.29, 1.82) is 0 Å². The number of rotatable bonds is 4. The van der Waals surface area contributed by atoms with Gasteiger partial charge < -0.3 is 15.4 Å². The average Bonchev–Trinajstić information content (AvgIpc) is 2.13. The highest BCUT2D eigenvalue weighted by Gasteiger charge is 2.18. The second-order valence-corrected chi connectivity index (χ2v) is 2.59. The number of esters is 1. The number of hydrogen-bond acceptors (Lipinski definition) is 4. The first-order valence-corrected chi connectivity index (χ1v) is 4.25. The lowest BCUT2D eigenvalue weighted by atomic mass is 10.4. The first-order valence-electron chi connectivity index (χ1n) is 4.25. The van der Waals surface area contributed by atoms with E-state index in [2.05, 4.69) is 4.74 Å². The van der Waals surface area contributed by atoms with Gasteiger partial charge in [0.25, 0.3) is 0 Å². The van der Waals surface area contributed by atoms with Crippen molar-refractivity contribution in [2.45, 2.75) is 13.3 Å². The molecule has 5 nitrogen and oxygen atoms in total. The van der Waals surface area contributed by atoms with E-state index in [1.165, 1.54) is 4.90 Å². The van der Waals surface area contributed by atoms with E-state index >= 15 is 0 Å². The number of carbonyl (C=O) groups excluding carboxylic acids is 2. The molecule has 0 spiro atoms. The third kappa shape index (κ3) is 4.47. The molecule has 0 saturated carbocycles. The van der Waals surface area contributed by atoms with Gasteiger partial charge in [-0.1, -0.05) is 0 Å². The monoisotopic (exact) mass is 188 g/mol. The van der Waals surface area contributed by atoms with Gasteiger partial charge >= 0.3 is 11.9 Å². The van der Waals surface area contributed by atoms with Crippen LogP contribution >= 0.6 is 0 Å². The number of amides is 1. The van der Waals surface area contributed by atoms with Gasteiger partial charge in [0.05, 0.1) is 6.61 Å². The van der Waals surface area contributed by atoms with Gasteiger partial charge in [0, 0.05) is 13.6 Å². The zero-order valence-corrected chi connectivity index (χ0v) is 8.08. The Balaban J connectivity index is 3.87. The molecule has 0 aromatic carbocycles. The van der Waals surface area contributed by atoms with Crippen LogP contribution in [0.3, 0.4) is 0 Å². The molecule has 0 aromatic rings. The fourth-order valence-corrected chi connectivity index (χ4v) is 0.779. The molecule has 0 aliphatic carbocycles. The van der Waals surface area contributed by atoms with E-state index < -0.39 is 11.9 Å². The molecule has 0 atom stereocenters. The molecule has 0 unspecified atom stereocenters.